The highest BCUT2D eigenvalue weighted by Crippen LogP contribution is 2.57. The number of carbonyl (C=O) groups excluding carboxylic acids is 2. The van der Waals surface area contributed by atoms with Crippen LogP contribution in [0.4, 0.5) is 23.1 Å². The molecule has 1 amide bonds. The number of phenols is 2. The standard InChI is InChI=1S/C42H38N10O8S/c1-52(20-23-19-46-36-34(47-23)35(43)50-40(44)51-36)24-8-5-21(6-9-24)37(55)49-31(38(56)57)4-2-3-15-45-41(61)48-22-7-12-28-27(16-22)39(58)60-42(28)29-13-10-25(53)17-32(29)59-33-18-26(54)11-14-30(33)42/h5-14,16-19,31,53-54H,2-4,15,20H2,1H3,(H,49,55)(H,56,57)(H2,45,48,61)(H4,43,44,46,50,51)/t31-/m0/s1. The zero-order valence-electron chi connectivity index (χ0n) is 32.4. The molecule has 0 aliphatic carbocycles. The van der Waals surface area contributed by atoms with Gasteiger partial charge in [0.15, 0.2) is 27.7 Å². The number of benzene rings is 4. The Morgan fingerprint density at radius 1 is 0.902 bits per heavy atom. The molecule has 2 aromatic heterocycles. The van der Waals surface area contributed by atoms with Gasteiger partial charge < -0.3 is 57.1 Å². The van der Waals surface area contributed by atoms with Crippen LogP contribution < -0.4 is 37.1 Å². The topological polar surface area (TPSA) is 273 Å². The molecule has 10 N–H and O–H groups in total. The van der Waals surface area contributed by atoms with E-state index in [1.54, 1.807) is 60.8 Å². The third kappa shape index (κ3) is 7.88. The number of phenolic OH excluding ortho intramolecular Hbond substituents is 2. The van der Waals surface area contributed by atoms with E-state index in [2.05, 4.69) is 35.9 Å². The predicted molar refractivity (Wildman–Crippen MR) is 227 cm³/mol. The van der Waals surface area contributed by atoms with E-state index >= 15 is 0 Å². The maximum absolute atomic E-state index is 13.4. The molecule has 0 fully saturated rings. The van der Waals surface area contributed by atoms with E-state index in [1.807, 2.05) is 11.9 Å². The van der Waals surface area contributed by atoms with Crippen molar-refractivity contribution < 1.29 is 39.2 Å². The van der Waals surface area contributed by atoms with Crippen molar-refractivity contribution in [1.29, 1.82) is 0 Å². The number of esters is 1. The number of amides is 1. The van der Waals surface area contributed by atoms with Gasteiger partial charge in [0.2, 0.25) is 5.95 Å². The van der Waals surface area contributed by atoms with Gasteiger partial charge in [0.1, 0.15) is 29.0 Å². The molecule has 19 heteroatoms. The Hall–Kier alpha value is -7.80. The molecule has 4 heterocycles. The van der Waals surface area contributed by atoms with Gasteiger partial charge in [-0.3, -0.25) is 4.79 Å². The van der Waals surface area contributed by atoms with Crippen molar-refractivity contribution in [3.05, 3.63) is 119 Å². The molecule has 6 aromatic rings. The van der Waals surface area contributed by atoms with Crippen LogP contribution in [0.2, 0.25) is 0 Å². The first kappa shape index (κ1) is 40.0. The summed E-state index contributed by atoms with van der Waals surface area (Å²) < 4.78 is 12.1. The number of fused-ring (bicyclic) bond motifs is 7. The average Bonchev–Trinajstić information content (AvgIpc) is 3.51. The van der Waals surface area contributed by atoms with E-state index < -0.39 is 29.5 Å². The molecule has 0 radical (unpaired) electrons. The summed E-state index contributed by atoms with van der Waals surface area (Å²) >= 11 is 5.50. The average molecular weight is 843 g/mol. The number of carboxylic acids is 1. The zero-order chi connectivity index (χ0) is 43.0. The molecule has 0 unspecified atom stereocenters. The third-order valence-electron chi connectivity index (χ3n) is 10.3. The molecule has 2 aliphatic heterocycles. The summed E-state index contributed by atoms with van der Waals surface area (Å²) in [4.78, 5) is 57.2. The quantitative estimate of drug-likeness (QED) is 0.0477. The Bertz CT molecular complexity index is 2700. The fraction of sp³-hybridized carbons (Fsp3) is 0.190. The number of carboxylic acid groups (broad SMARTS) is 1. The molecule has 1 spiro atoms. The smallest absolute Gasteiger partial charge is 0.340 e. The molecule has 310 valence electrons. The monoisotopic (exact) mass is 842 g/mol. The number of hydrogen-bond acceptors (Lipinski definition) is 15. The molecule has 0 saturated heterocycles. The van der Waals surface area contributed by atoms with Crippen molar-refractivity contribution in [1.82, 2.24) is 30.6 Å². The summed E-state index contributed by atoms with van der Waals surface area (Å²) in [6, 6.07) is 19.8. The van der Waals surface area contributed by atoms with E-state index in [4.69, 9.17) is 33.2 Å². The maximum Gasteiger partial charge on any atom is 0.340 e. The highest BCUT2D eigenvalue weighted by Gasteiger charge is 2.53. The van der Waals surface area contributed by atoms with Crippen molar-refractivity contribution in [3.8, 4) is 23.0 Å². The molecule has 2 aliphatic rings. The second-order valence-corrected chi connectivity index (χ2v) is 14.8. The van der Waals surface area contributed by atoms with Gasteiger partial charge in [0.05, 0.1) is 24.0 Å². The van der Waals surface area contributed by atoms with Crippen molar-refractivity contribution in [2.75, 3.05) is 35.3 Å². The number of nitrogens with zero attached hydrogens (tertiary/aromatic N) is 5. The number of hydrogen-bond donors (Lipinski definition) is 8. The van der Waals surface area contributed by atoms with Gasteiger partial charge >= 0.3 is 11.9 Å². The Kier molecular flexibility index (Phi) is 10.6. The number of anilines is 4. The second-order valence-electron chi connectivity index (χ2n) is 14.4. The number of nitrogens with one attached hydrogen (secondary N) is 3. The lowest BCUT2D eigenvalue weighted by atomic mass is 9.77. The van der Waals surface area contributed by atoms with Gasteiger partial charge in [-0.05, 0) is 92.1 Å². The summed E-state index contributed by atoms with van der Waals surface area (Å²) in [5.74, 6) is -1.64. The number of thiocarbonyl (C=S) groups is 1. The lowest BCUT2D eigenvalue weighted by molar-refractivity contribution is -0.139. The molecule has 18 nitrogen and oxygen atoms in total. The summed E-state index contributed by atoms with van der Waals surface area (Å²) in [7, 11) is 1.84. The van der Waals surface area contributed by atoms with Crippen molar-refractivity contribution in [3.63, 3.8) is 0 Å². The zero-order valence-corrected chi connectivity index (χ0v) is 33.2. The van der Waals surface area contributed by atoms with Crippen molar-refractivity contribution >= 4 is 69.5 Å². The number of aromatic nitrogens is 4. The molecule has 0 bridgehead atoms. The summed E-state index contributed by atoms with van der Waals surface area (Å²) in [5.41, 5.74) is 14.9. The highest BCUT2D eigenvalue weighted by atomic mass is 32.1. The Labute approximate surface area is 352 Å². The molecule has 61 heavy (non-hydrogen) atoms. The van der Waals surface area contributed by atoms with Crippen LogP contribution in [0.15, 0.2) is 85.1 Å². The third-order valence-corrected chi connectivity index (χ3v) is 10.6. The van der Waals surface area contributed by atoms with Gasteiger partial charge in [0.25, 0.3) is 5.91 Å². The summed E-state index contributed by atoms with van der Waals surface area (Å²) in [6.45, 7) is 0.773. The highest BCUT2D eigenvalue weighted by molar-refractivity contribution is 7.80. The summed E-state index contributed by atoms with van der Waals surface area (Å²) in [5, 5.41) is 39.2. The first-order chi connectivity index (χ1) is 29.3. The minimum atomic E-state index is -1.39. The van der Waals surface area contributed by atoms with Crippen LogP contribution in [0.5, 0.6) is 23.0 Å². The SMILES string of the molecule is CN(Cc1cnc2nc(N)nc(N)c2n1)c1ccc(C(=O)N[C@@H](CCCCNC(=S)Nc2ccc3c(c2)C(=O)OC32c3ccc(O)cc3Oc3cc(O)ccc32)C(=O)O)cc1. The largest absolute Gasteiger partial charge is 0.508 e. The van der Waals surface area contributed by atoms with Crippen LogP contribution in [-0.4, -0.2) is 77.8 Å². The number of unbranched alkanes of at least 4 members (excludes halogenated alkanes) is 1. The van der Waals surface area contributed by atoms with Crippen LogP contribution in [-0.2, 0) is 21.7 Å². The lowest BCUT2D eigenvalue weighted by Crippen LogP contribution is -2.40. The number of carbonyl (C=O) groups is 3. The van der Waals surface area contributed by atoms with Crippen LogP contribution in [0.3, 0.4) is 0 Å². The number of rotatable bonds is 12. The van der Waals surface area contributed by atoms with E-state index in [-0.39, 0.29) is 46.3 Å². The van der Waals surface area contributed by atoms with Crippen molar-refractivity contribution in [2.24, 2.45) is 0 Å². The van der Waals surface area contributed by atoms with Gasteiger partial charge in [-0.25, -0.2) is 19.6 Å². The maximum atomic E-state index is 13.4. The van der Waals surface area contributed by atoms with Gasteiger partial charge in [0, 0.05) is 59.4 Å². The lowest BCUT2D eigenvalue weighted by Gasteiger charge is -2.36. The molecule has 4 aromatic carbocycles. The molecule has 1 atom stereocenters. The fourth-order valence-corrected chi connectivity index (χ4v) is 7.61. The number of nitrogens with two attached hydrogens (primary N) is 2. The van der Waals surface area contributed by atoms with E-state index in [9.17, 15) is 29.7 Å². The molecular formula is C42H38N10O8S. The Morgan fingerprint density at radius 2 is 1.59 bits per heavy atom. The first-order valence-electron chi connectivity index (χ1n) is 19.0. The summed E-state index contributed by atoms with van der Waals surface area (Å²) in [6.07, 6.45) is 2.77. The molecule has 0 saturated carbocycles. The van der Waals surface area contributed by atoms with Crippen LogP contribution in [0.1, 0.15) is 62.4 Å². The normalized spacial score (nSPS) is 13.6. The Morgan fingerprint density at radius 3 is 2.28 bits per heavy atom. The minimum absolute atomic E-state index is 0.00985. The van der Waals surface area contributed by atoms with Crippen molar-refractivity contribution in [2.45, 2.75) is 37.5 Å². The minimum Gasteiger partial charge on any atom is -0.508 e. The Balaban J connectivity index is 0.827. The second kappa shape index (κ2) is 16.1. The van der Waals surface area contributed by atoms with Gasteiger partial charge in [-0.15, -0.1) is 0 Å². The predicted octanol–water partition coefficient (Wildman–Crippen LogP) is 4.54. The fourth-order valence-electron chi connectivity index (χ4n) is 7.39. The first-order valence-corrected chi connectivity index (χ1v) is 19.4. The van der Waals surface area contributed by atoms with Gasteiger partial charge in [-0.2, -0.15) is 9.97 Å². The van der Waals surface area contributed by atoms with Gasteiger partial charge in [-0.1, -0.05) is 6.07 Å². The van der Waals surface area contributed by atoms with E-state index in [1.165, 1.54) is 24.3 Å². The number of ether oxygens (including phenoxy) is 2. The van der Waals surface area contributed by atoms with Crippen LogP contribution in [0, 0.1) is 0 Å². The molecular weight excluding hydrogens is 805 g/mol. The number of aromatic hydroxyl groups is 2. The molecule has 8 rings (SSSR count). The van der Waals surface area contributed by atoms with Crippen LogP contribution in [0.25, 0.3) is 11.2 Å². The number of aliphatic carboxylic acids is 1. The van der Waals surface area contributed by atoms with E-state index in [0.29, 0.717) is 76.3 Å². The van der Waals surface area contributed by atoms with E-state index in [0.717, 1.165) is 5.69 Å². The van der Waals surface area contributed by atoms with Crippen LogP contribution >= 0.6 is 12.2 Å². The number of nitrogen functional groups attached to an aromatic ring is 2.